The van der Waals surface area contributed by atoms with Crippen LogP contribution in [-0.4, -0.2) is 10.7 Å². The molecule has 1 aromatic heterocycles. The predicted octanol–water partition coefficient (Wildman–Crippen LogP) is 4.98. The summed E-state index contributed by atoms with van der Waals surface area (Å²) in [5.41, 5.74) is 6.80. The quantitative estimate of drug-likeness (QED) is 0.669. The van der Waals surface area contributed by atoms with E-state index in [-0.39, 0.29) is 0 Å². The number of aromatic nitrogens is 1. The van der Waals surface area contributed by atoms with Gasteiger partial charge in [0.05, 0.1) is 11.4 Å². The summed E-state index contributed by atoms with van der Waals surface area (Å²) in [6.07, 6.45) is 4.76. The molecule has 0 atom stereocenters. The maximum Gasteiger partial charge on any atom is 0.0702 e. The summed E-state index contributed by atoms with van der Waals surface area (Å²) in [6.45, 7) is 0. The molecule has 0 spiro atoms. The maximum atomic E-state index is 4.60. The normalized spacial score (nSPS) is 13.6. The van der Waals surface area contributed by atoms with Gasteiger partial charge in [-0.2, -0.15) is 0 Å². The Labute approximate surface area is 135 Å². The van der Waals surface area contributed by atoms with Crippen molar-refractivity contribution < 1.29 is 0 Å². The van der Waals surface area contributed by atoms with E-state index in [1.54, 1.807) is 0 Å². The third-order valence-corrected chi connectivity index (χ3v) is 4.04. The molecule has 0 fully saturated rings. The molecule has 110 valence electrons. The van der Waals surface area contributed by atoms with Crippen molar-refractivity contribution in [2.45, 2.75) is 6.42 Å². The van der Waals surface area contributed by atoms with E-state index in [0.29, 0.717) is 0 Å². The molecule has 2 nitrogen and oxygen atoms in total. The Morgan fingerprint density at radius 3 is 2.00 bits per heavy atom. The van der Waals surface area contributed by atoms with Crippen LogP contribution in [-0.2, 0) is 0 Å². The first-order valence-corrected chi connectivity index (χ1v) is 7.73. The van der Waals surface area contributed by atoms with E-state index >= 15 is 0 Å². The van der Waals surface area contributed by atoms with Gasteiger partial charge in [-0.25, -0.2) is 0 Å². The van der Waals surface area contributed by atoms with Gasteiger partial charge in [-0.05, 0) is 22.8 Å². The highest BCUT2D eigenvalue weighted by Gasteiger charge is 2.14. The molecule has 0 unspecified atom stereocenters. The van der Waals surface area contributed by atoms with Gasteiger partial charge in [0.2, 0.25) is 0 Å². The standard InChI is InChI=1S/C21H16N2/c1-3-7-16(8-4-1)20-12-11-18(14-22-20)19-13-21(23-15-19)17-9-5-2-6-10-17/h1-12,14-15H,13H2. The maximum absolute atomic E-state index is 4.60. The number of benzene rings is 2. The van der Waals surface area contributed by atoms with Gasteiger partial charge in [-0.3, -0.25) is 9.98 Å². The average molecular weight is 296 g/mol. The third-order valence-electron chi connectivity index (χ3n) is 4.04. The van der Waals surface area contributed by atoms with Crippen molar-refractivity contribution in [3.8, 4) is 11.3 Å². The van der Waals surface area contributed by atoms with Crippen LogP contribution in [0.25, 0.3) is 16.8 Å². The molecule has 1 aliphatic heterocycles. The minimum Gasteiger partial charge on any atom is -0.260 e. The van der Waals surface area contributed by atoms with E-state index in [1.807, 2.05) is 48.8 Å². The molecule has 1 aliphatic rings. The van der Waals surface area contributed by atoms with Crippen LogP contribution >= 0.6 is 0 Å². The molecule has 4 rings (SSSR count). The number of nitrogens with zero attached hydrogens (tertiary/aromatic N) is 2. The number of pyridine rings is 1. The van der Waals surface area contributed by atoms with E-state index in [2.05, 4.69) is 46.4 Å². The summed E-state index contributed by atoms with van der Waals surface area (Å²) in [5.74, 6) is 0. The minimum absolute atomic E-state index is 0.858. The zero-order chi connectivity index (χ0) is 15.5. The molecular formula is C21H16N2. The first-order chi connectivity index (χ1) is 11.4. The Hall–Kier alpha value is -3.00. The molecule has 0 saturated heterocycles. The lowest BCUT2D eigenvalue weighted by Crippen LogP contribution is -1.97. The van der Waals surface area contributed by atoms with E-state index in [4.69, 9.17) is 0 Å². The molecule has 0 bridgehead atoms. The highest BCUT2D eigenvalue weighted by molar-refractivity contribution is 6.09. The van der Waals surface area contributed by atoms with Crippen LogP contribution < -0.4 is 0 Å². The Balaban J connectivity index is 1.52. The molecule has 0 saturated carbocycles. The zero-order valence-electron chi connectivity index (χ0n) is 12.7. The highest BCUT2D eigenvalue weighted by atomic mass is 14.7. The molecule has 2 heterocycles. The summed E-state index contributed by atoms with van der Waals surface area (Å²) in [5, 5.41) is 0. The van der Waals surface area contributed by atoms with Gasteiger partial charge in [-0.1, -0.05) is 66.7 Å². The monoisotopic (exact) mass is 296 g/mol. The van der Waals surface area contributed by atoms with Gasteiger partial charge in [0.15, 0.2) is 0 Å². The molecule has 2 aromatic carbocycles. The number of aliphatic imine (C=N–C) groups is 1. The van der Waals surface area contributed by atoms with Crippen LogP contribution in [0.1, 0.15) is 17.5 Å². The molecule has 0 amide bonds. The summed E-state index contributed by atoms with van der Waals surface area (Å²) in [7, 11) is 0. The van der Waals surface area contributed by atoms with Gasteiger partial charge in [-0.15, -0.1) is 0 Å². The molecule has 0 aliphatic carbocycles. The Kier molecular flexibility index (Phi) is 3.57. The SMILES string of the molecule is C1=C(c2ccc(-c3ccccc3)nc2)CC(c2ccccc2)=N1. The second-order valence-corrected chi connectivity index (χ2v) is 5.57. The Bertz CT molecular complexity index is 861. The van der Waals surface area contributed by atoms with E-state index in [0.717, 1.165) is 29.0 Å². The van der Waals surface area contributed by atoms with Crippen LogP contribution in [0.2, 0.25) is 0 Å². The van der Waals surface area contributed by atoms with Crippen molar-refractivity contribution >= 4 is 11.3 Å². The Morgan fingerprint density at radius 1 is 0.652 bits per heavy atom. The number of hydrogen-bond acceptors (Lipinski definition) is 2. The van der Waals surface area contributed by atoms with Gasteiger partial charge in [0, 0.05) is 24.4 Å². The zero-order valence-corrected chi connectivity index (χ0v) is 12.7. The Morgan fingerprint density at radius 2 is 1.35 bits per heavy atom. The second kappa shape index (κ2) is 6.01. The molecule has 3 aromatic rings. The summed E-state index contributed by atoms with van der Waals surface area (Å²) < 4.78 is 0. The minimum atomic E-state index is 0.858. The van der Waals surface area contributed by atoms with Gasteiger partial charge >= 0.3 is 0 Å². The third kappa shape index (κ3) is 2.84. The van der Waals surface area contributed by atoms with Crippen LogP contribution in [0.15, 0.2) is 90.2 Å². The average Bonchev–Trinajstić information content (AvgIpc) is 3.14. The van der Waals surface area contributed by atoms with Crippen LogP contribution in [0.3, 0.4) is 0 Å². The number of hydrogen-bond donors (Lipinski definition) is 0. The highest BCUT2D eigenvalue weighted by Crippen LogP contribution is 2.27. The lowest BCUT2D eigenvalue weighted by molar-refractivity contribution is 1.30. The molecule has 0 radical (unpaired) electrons. The first-order valence-electron chi connectivity index (χ1n) is 7.73. The summed E-state index contributed by atoms with van der Waals surface area (Å²) >= 11 is 0. The van der Waals surface area contributed by atoms with Gasteiger partial charge in [0.1, 0.15) is 0 Å². The molecular weight excluding hydrogens is 280 g/mol. The largest absolute Gasteiger partial charge is 0.260 e. The lowest BCUT2D eigenvalue weighted by atomic mass is 10.00. The summed E-state index contributed by atoms with van der Waals surface area (Å²) in [6, 6.07) is 24.8. The lowest BCUT2D eigenvalue weighted by Gasteiger charge is -2.05. The van der Waals surface area contributed by atoms with Crippen LogP contribution in [0.4, 0.5) is 0 Å². The predicted molar refractivity (Wildman–Crippen MR) is 95.2 cm³/mol. The fourth-order valence-corrected chi connectivity index (χ4v) is 2.77. The van der Waals surface area contributed by atoms with E-state index in [9.17, 15) is 0 Å². The van der Waals surface area contributed by atoms with Crippen molar-refractivity contribution in [1.29, 1.82) is 0 Å². The van der Waals surface area contributed by atoms with Crippen LogP contribution in [0, 0.1) is 0 Å². The molecule has 2 heteroatoms. The number of allylic oxidation sites excluding steroid dienone is 1. The van der Waals surface area contributed by atoms with E-state index in [1.165, 1.54) is 11.1 Å². The van der Waals surface area contributed by atoms with E-state index < -0.39 is 0 Å². The smallest absolute Gasteiger partial charge is 0.0702 e. The van der Waals surface area contributed by atoms with Gasteiger partial charge < -0.3 is 0 Å². The summed E-state index contributed by atoms with van der Waals surface area (Å²) in [4.78, 5) is 9.17. The molecule has 23 heavy (non-hydrogen) atoms. The fraction of sp³-hybridized carbons (Fsp3) is 0.0476. The number of rotatable bonds is 3. The van der Waals surface area contributed by atoms with Crippen molar-refractivity contribution in [3.63, 3.8) is 0 Å². The first kappa shape index (κ1) is 13.6. The van der Waals surface area contributed by atoms with Crippen molar-refractivity contribution in [2.75, 3.05) is 0 Å². The van der Waals surface area contributed by atoms with Crippen LogP contribution in [0.5, 0.6) is 0 Å². The molecule has 0 N–H and O–H groups in total. The van der Waals surface area contributed by atoms with Gasteiger partial charge in [0.25, 0.3) is 0 Å². The van der Waals surface area contributed by atoms with Crippen molar-refractivity contribution in [3.05, 3.63) is 96.3 Å². The second-order valence-electron chi connectivity index (χ2n) is 5.57. The van der Waals surface area contributed by atoms with Crippen molar-refractivity contribution in [2.24, 2.45) is 4.99 Å². The topological polar surface area (TPSA) is 25.2 Å². The van der Waals surface area contributed by atoms with Crippen molar-refractivity contribution in [1.82, 2.24) is 4.98 Å². The fourth-order valence-electron chi connectivity index (χ4n) is 2.77.